The Hall–Kier alpha value is -4.66. The molecule has 1 fully saturated rings. The number of carbonyl (C=O) groups excluding carboxylic acids is 2. The van der Waals surface area contributed by atoms with E-state index in [1.807, 2.05) is 6.07 Å². The molecule has 1 saturated heterocycles. The SMILES string of the molecule is COc1cccc(C2/C(=C(\O)c3ccc(OC)c(OC)c3)C(=O)C(=O)N2Cc2ccc3c(c2)OCO3)c1. The van der Waals surface area contributed by atoms with Gasteiger partial charge in [-0.15, -0.1) is 0 Å². The van der Waals surface area contributed by atoms with Gasteiger partial charge in [0.05, 0.1) is 32.9 Å². The van der Waals surface area contributed by atoms with Crippen molar-refractivity contribution in [3.05, 3.63) is 82.9 Å². The van der Waals surface area contributed by atoms with Crippen LogP contribution in [0.1, 0.15) is 22.7 Å². The molecule has 3 aromatic carbocycles. The van der Waals surface area contributed by atoms with E-state index in [2.05, 4.69) is 0 Å². The van der Waals surface area contributed by atoms with Crippen LogP contribution in [-0.4, -0.2) is 49.8 Å². The van der Waals surface area contributed by atoms with Crippen LogP contribution in [0.5, 0.6) is 28.7 Å². The van der Waals surface area contributed by atoms with Crippen LogP contribution in [0.4, 0.5) is 0 Å². The van der Waals surface area contributed by atoms with Crippen molar-refractivity contribution in [2.24, 2.45) is 0 Å². The number of amides is 1. The summed E-state index contributed by atoms with van der Waals surface area (Å²) in [5.74, 6) is 0.734. The zero-order chi connectivity index (χ0) is 26.1. The lowest BCUT2D eigenvalue weighted by Crippen LogP contribution is -2.29. The zero-order valence-electron chi connectivity index (χ0n) is 20.5. The molecular formula is C28H25NO8. The molecule has 0 aliphatic carbocycles. The summed E-state index contributed by atoms with van der Waals surface area (Å²) in [7, 11) is 4.51. The first-order valence-corrected chi connectivity index (χ1v) is 11.5. The van der Waals surface area contributed by atoms with Crippen LogP contribution in [0.25, 0.3) is 5.76 Å². The number of hydrogen-bond acceptors (Lipinski definition) is 8. The summed E-state index contributed by atoms with van der Waals surface area (Å²) in [6.45, 7) is 0.226. The van der Waals surface area contributed by atoms with Gasteiger partial charge in [-0.3, -0.25) is 9.59 Å². The molecule has 1 unspecified atom stereocenters. The summed E-state index contributed by atoms with van der Waals surface area (Å²) in [4.78, 5) is 28.2. The summed E-state index contributed by atoms with van der Waals surface area (Å²) in [5, 5.41) is 11.4. The highest BCUT2D eigenvalue weighted by atomic mass is 16.7. The smallest absolute Gasteiger partial charge is 0.295 e. The Kier molecular flexibility index (Phi) is 6.35. The van der Waals surface area contributed by atoms with Crippen molar-refractivity contribution in [2.45, 2.75) is 12.6 Å². The number of carbonyl (C=O) groups is 2. The Morgan fingerprint density at radius 3 is 2.46 bits per heavy atom. The lowest BCUT2D eigenvalue weighted by atomic mass is 9.95. The average molecular weight is 504 g/mol. The molecule has 37 heavy (non-hydrogen) atoms. The molecule has 0 saturated carbocycles. The number of fused-ring (bicyclic) bond motifs is 1. The first kappa shape index (κ1) is 24.1. The standard InChI is InChI=1S/C28H25NO8/c1-33-19-6-4-5-17(12-19)25-24(26(30)18-8-10-20(34-2)22(13-18)35-3)27(31)28(32)29(25)14-16-7-9-21-23(11-16)37-15-36-21/h4-13,25,30H,14-15H2,1-3H3/b26-24+. The molecule has 0 radical (unpaired) electrons. The third kappa shape index (κ3) is 4.29. The van der Waals surface area contributed by atoms with E-state index < -0.39 is 17.7 Å². The van der Waals surface area contributed by atoms with E-state index in [-0.39, 0.29) is 24.7 Å². The summed E-state index contributed by atoms with van der Waals surface area (Å²) in [5.41, 5.74) is 1.63. The average Bonchev–Trinajstić information content (AvgIpc) is 3.50. The molecule has 190 valence electrons. The monoisotopic (exact) mass is 503 g/mol. The third-order valence-corrected chi connectivity index (χ3v) is 6.40. The van der Waals surface area contributed by atoms with Gasteiger partial charge in [-0.25, -0.2) is 0 Å². The van der Waals surface area contributed by atoms with Gasteiger partial charge >= 0.3 is 0 Å². The van der Waals surface area contributed by atoms with E-state index in [1.165, 1.54) is 26.2 Å². The lowest BCUT2D eigenvalue weighted by Gasteiger charge is -2.26. The number of aliphatic hydroxyl groups excluding tert-OH is 1. The van der Waals surface area contributed by atoms with Crippen LogP contribution in [0, 0.1) is 0 Å². The van der Waals surface area contributed by atoms with Crippen molar-refractivity contribution in [1.29, 1.82) is 0 Å². The molecule has 1 amide bonds. The highest BCUT2D eigenvalue weighted by Crippen LogP contribution is 2.43. The van der Waals surface area contributed by atoms with Gasteiger partial charge in [0.1, 0.15) is 11.5 Å². The molecule has 0 bridgehead atoms. The van der Waals surface area contributed by atoms with Crippen LogP contribution in [0.3, 0.4) is 0 Å². The topological polar surface area (TPSA) is 104 Å². The van der Waals surface area contributed by atoms with Gasteiger partial charge in [0, 0.05) is 12.1 Å². The molecular weight excluding hydrogens is 478 g/mol. The summed E-state index contributed by atoms with van der Waals surface area (Å²) in [6.07, 6.45) is 0. The van der Waals surface area contributed by atoms with Gasteiger partial charge in [-0.2, -0.15) is 0 Å². The number of nitrogens with zero attached hydrogens (tertiary/aromatic N) is 1. The Morgan fingerprint density at radius 1 is 0.919 bits per heavy atom. The number of ketones is 1. The number of benzene rings is 3. The number of Topliss-reactive ketones (excluding diaryl/α,β-unsaturated/α-hetero) is 1. The number of rotatable bonds is 7. The van der Waals surface area contributed by atoms with Gasteiger partial charge in [0.2, 0.25) is 6.79 Å². The predicted molar refractivity (Wildman–Crippen MR) is 133 cm³/mol. The molecule has 3 aromatic rings. The van der Waals surface area contributed by atoms with Crippen LogP contribution >= 0.6 is 0 Å². The van der Waals surface area contributed by atoms with Crippen LogP contribution in [0.15, 0.2) is 66.2 Å². The Bertz CT molecular complexity index is 1410. The second-order valence-corrected chi connectivity index (χ2v) is 8.46. The first-order valence-electron chi connectivity index (χ1n) is 11.5. The first-order chi connectivity index (χ1) is 17.9. The summed E-state index contributed by atoms with van der Waals surface area (Å²) >= 11 is 0. The molecule has 2 heterocycles. The molecule has 1 N–H and O–H groups in total. The van der Waals surface area contributed by atoms with Crippen molar-refractivity contribution in [3.8, 4) is 28.7 Å². The predicted octanol–water partition coefficient (Wildman–Crippen LogP) is 4.06. The second-order valence-electron chi connectivity index (χ2n) is 8.46. The summed E-state index contributed by atoms with van der Waals surface area (Å²) in [6, 6.07) is 16.3. The van der Waals surface area contributed by atoms with E-state index >= 15 is 0 Å². The lowest BCUT2D eigenvalue weighted by molar-refractivity contribution is -0.140. The van der Waals surface area contributed by atoms with Crippen LogP contribution in [-0.2, 0) is 16.1 Å². The maximum absolute atomic E-state index is 13.4. The minimum atomic E-state index is -0.867. The molecule has 9 nitrogen and oxygen atoms in total. The minimum absolute atomic E-state index is 0.0359. The molecule has 0 spiro atoms. The van der Waals surface area contributed by atoms with E-state index in [1.54, 1.807) is 54.6 Å². The molecule has 2 aliphatic heterocycles. The number of likely N-dealkylation sites (tertiary alicyclic amines) is 1. The van der Waals surface area contributed by atoms with E-state index in [9.17, 15) is 14.7 Å². The van der Waals surface area contributed by atoms with E-state index in [0.717, 1.165) is 5.56 Å². The Balaban J connectivity index is 1.63. The number of aliphatic hydroxyl groups is 1. The largest absolute Gasteiger partial charge is 0.507 e. The van der Waals surface area contributed by atoms with Crippen molar-refractivity contribution in [1.82, 2.24) is 4.90 Å². The van der Waals surface area contributed by atoms with E-state index in [4.69, 9.17) is 23.7 Å². The van der Waals surface area contributed by atoms with Crippen molar-refractivity contribution < 1.29 is 38.4 Å². The molecule has 1 atom stereocenters. The fraction of sp³-hybridized carbons (Fsp3) is 0.214. The number of hydrogen-bond donors (Lipinski definition) is 1. The third-order valence-electron chi connectivity index (χ3n) is 6.40. The Morgan fingerprint density at radius 2 is 1.70 bits per heavy atom. The van der Waals surface area contributed by atoms with Crippen molar-refractivity contribution in [3.63, 3.8) is 0 Å². The molecule has 2 aliphatic rings. The molecule has 5 rings (SSSR count). The summed E-state index contributed by atoms with van der Waals surface area (Å²) < 4.78 is 26.9. The maximum Gasteiger partial charge on any atom is 0.295 e. The normalized spacial score (nSPS) is 17.7. The van der Waals surface area contributed by atoms with Crippen LogP contribution < -0.4 is 23.7 Å². The number of ether oxygens (including phenoxy) is 5. The van der Waals surface area contributed by atoms with Crippen molar-refractivity contribution in [2.75, 3.05) is 28.1 Å². The fourth-order valence-corrected chi connectivity index (χ4v) is 4.58. The van der Waals surface area contributed by atoms with Gasteiger partial charge < -0.3 is 33.7 Å². The fourth-order valence-electron chi connectivity index (χ4n) is 4.58. The Labute approximate surface area is 213 Å². The second kappa shape index (κ2) is 9.77. The van der Waals surface area contributed by atoms with Gasteiger partial charge in [0.15, 0.2) is 23.0 Å². The van der Waals surface area contributed by atoms with Crippen molar-refractivity contribution >= 4 is 17.4 Å². The zero-order valence-corrected chi connectivity index (χ0v) is 20.5. The van der Waals surface area contributed by atoms with Gasteiger partial charge in [0.25, 0.3) is 11.7 Å². The minimum Gasteiger partial charge on any atom is -0.507 e. The number of methoxy groups -OCH3 is 3. The van der Waals surface area contributed by atoms with Gasteiger partial charge in [-0.1, -0.05) is 18.2 Å². The molecule has 0 aromatic heterocycles. The maximum atomic E-state index is 13.4. The van der Waals surface area contributed by atoms with Gasteiger partial charge in [-0.05, 0) is 53.6 Å². The van der Waals surface area contributed by atoms with E-state index in [0.29, 0.717) is 39.9 Å². The molecule has 9 heteroatoms. The highest BCUT2D eigenvalue weighted by Gasteiger charge is 2.46. The highest BCUT2D eigenvalue weighted by molar-refractivity contribution is 6.46. The van der Waals surface area contributed by atoms with Crippen LogP contribution in [0.2, 0.25) is 0 Å². The quantitative estimate of drug-likeness (QED) is 0.293.